The largest absolute Gasteiger partial charge is 0.326 e. The van der Waals surface area contributed by atoms with Gasteiger partial charge in [0.2, 0.25) is 5.91 Å². The minimum absolute atomic E-state index is 0.140. The van der Waals surface area contributed by atoms with Gasteiger partial charge in [-0.25, -0.2) is 0 Å². The van der Waals surface area contributed by atoms with Crippen molar-refractivity contribution in [2.45, 2.75) is 33.1 Å². The Bertz CT molecular complexity index is 448. The molecule has 0 heterocycles. The van der Waals surface area contributed by atoms with Gasteiger partial charge in [0.15, 0.2) is 0 Å². The third-order valence-corrected chi connectivity index (χ3v) is 3.28. The number of aryl methyl sites for hydroxylation is 2. The second-order valence-corrected chi connectivity index (χ2v) is 4.79. The number of carbonyl (C=O) groups is 1. The normalized spacial score (nSPS) is 19.1. The lowest BCUT2D eigenvalue weighted by molar-refractivity contribution is -0.120. The molecule has 0 radical (unpaired) electrons. The third kappa shape index (κ3) is 2.96. The van der Waals surface area contributed by atoms with Gasteiger partial charge >= 0.3 is 0 Å². The summed E-state index contributed by atoms with van der Waals surface area (Å²) in [5.41, 5.74) is 3.29. The van der Waals surface area contributed by atoms with Crippen molar-refractivity contribution in [1.29, 1.82) is 0 Å². The lowest BCUT2D eigenvalue weighted by atomic mass is 9.93. The Morgan fingerprint density at radius 1 is 1.29 bits per heavy atom. The standard InChI is InChI=1S/C15H19NO/c1-11-8-9-14(12(2)10-11)16-15(17)13-6-4-3-5-7-13/h3-4,8-10,13H,5-7H2,1-2H3,(H,16,17)/t13-/m1/s1. The number of benzene rings is 1. The van der Waals surface area contributed by atoms with Crippen molar-refractivity contribution < 1.29 is 4.79 Å². The van der Waals surface area contributed by atoms with Crippen LogP contribution in [0.25, 0.3) is 0 Å². The molecule has 1 aliphatic rings. The molecule has 2 nitrogen and oxygen atoms in total. The maximum absolute atomic E-state index is 12.1. The molecule has 0 aromatic heterocycles. The van der Waals surface area contributed by atoms with Crippen LogP contribution >= 0.6 is 0 Å². The van der Waals surface area contributed by atoms with Gasteiger partial charge in [0.05, 0.1) is 0 Å². The van der Waals surface area contributed by atoms with Crippen LogP contribution in [-0.4, -0.2) is 5.91 Å². The first-order valence-electron chi connectivity index (χ1n) is 6.20. The van der Waals surface area contributed by atoms with E-state index in [2.05, 4.69) is 30.5 Å². The summed E-state index contributed by atoms with van der Waals surface area (Å²) >= 11 is 0. The number of anilines is 1. The fourth-order valence-electron chi connectivity index (χ4n) is 2.22. The zero-order valence-electron chi connectivity index (χ0n) is 10.5. The van der Waals surface area contributed by atoms with Crippen LogP contribution in [0.5, 0.6) is 0 Å². The van der Waals surface area contributed by atoms with E-state index in [0.717, 1.165) is 30.5 Å². The zero-order valence-corrected chi connectivity index (χ0v) is 10.5. The van der Waals surface area contributed by atoms with Gasteiger partial charge in [-0.15, -0.1) is 0 Å². The van der Waals surface area contributed by atoms with Gasteiger partial charge in [0, 0.05) is 11.6 Å². The summed E-state index contributed by atoms with van der Waals surface area (Å²) in [5, 5.41) is 3.03. The minimum atomic E-state index is 0.140. The molecule has 1 aliphatic carbocycles. The first kappa shape index (κ1) is 11.9. The molecule has 1 N–H and O–H groups in total. The van der Waals surface area contributed by atoms with Crippen molar-refractivity contribution in [3.8, 4) is 0 Å². The summed E-state index contributed by atoms with van der Waals surface area (Å²) in [6.07, 6.45) is 7.12. The predicted octanol–water partition coefficient (Wildman–Crippen LogP) is 3.60. The second kappa shape index (κ2) is 5.17. The quantitative estimate of drug-likeness (QED) is 0.771. The molecule has 0 spiro atoms. The van der Waals surface area contributed by atoms with Crippen molar-refractivity contribution in [3.05, 3.63) is 41.5 Å². The SMILES string of the molecule is Cc1ccc(NC(=O)[C@@H]2CC=CCC2)c(C)c1. The molecule has 0 saturated carbocycles. The Kier molecular flexibility index (Phi) is 3.62. The third-order valence-electron chi connectivity index (χ3n) is 3.28. The van der Waals surface area contributed by atoms with Crippen molar-refractivity contribution in [1.82, 2.24) is 0 Å². The van der Waals surface area contributed by atoms with Gasteiger partial charge in [-0.2, -0.15) is 0 Å². The van der Waals surface area contributed by atoms with Gasteiger partial charge in [-0.05, 0) is 44.7 Å². The molecular weight excluding hydrogens is 210 g/mol. The van der Waals surface area contributed by atoms with Crippen molar-refractivity contribution in [3.63, 3.8) is 0 Å². The van der Waals surface area contributed by atoms with E-state index in [-0.39, 0.29) is 11.8 Å². The van der Waals surface area contributed by atoms with E-state index in [1.807, 2.05) is 19.1 Å². The number of carbonyl (C=O) groups excluding carboxylic acids is 1. The zero-order chi connectivity index (χ0) is 12.3. The molecular formula is C15H19NO. The Morgan fingerprint density at radius 3 is 2.76 bits per heavy atom. The molecule has 0 saturated heterocycles. The van der Waals surface area contributed by atoms with Crippen molar-refractivity contribution in [2.24, 2.45) is 5.92 Å². The van der Waals surface area contributed by atoms with E-state index in [0.29, 0.717) is 0 Å². The van der Waals surface area contributed by atoms with E-state index in [4.69, 9.17) is 0 Å². The predicted molar refractivity (Wildman–Crippen MR) is 71.0 cm³/mol. The highest BCUT2D eigenvalue weighted by atomic mass is 16.1. The van der Waals surface area contributed by atoms with E-state index >= 15 is 0 Å². The summed E-state index contributed by atoms with van der Waals surface area (Å²) in [5.74, 6) is 0.294. The lowest BCUT2D eigenvalue weighted by Gasteiger charge is -2.18. The molecule has 2 rings (SSSR count). The Hall–Kier alpha value is -1.57. The molecule has 0 unspecified atom stereocenters. The van der Waals surface area contributed by atoms with Gasteiger partial charge < -0.3 is 5.32 Å². The molecule has 1 aromatic rings. The summed E-state index contributed by atoms with van der Waals surface area (Å²) < 4.78 is 0. The molecule has 17 heavy (non-hydrogen) atoms. The van der Waals surface area contributed by atoms with Gasteiger partial charge in [-0.1, -0.05) is 29.8 Å². The highest BCUT2D eigenvalue weighted by Gasteiger charge is 2.18. The van der Waals surface area contributed by atoms with Crippen molar-refractivity contribution >= 4 is 11.6 Å². The molecule has 0 aliphatic heterocycles. The molecule has 1 amide bonds. The van der Waals surface area contributed by atoms with Crippen LogP contribution in [0.4, 0.5) is 5.69 Å². The average molecular weight is 229 g/mol. The second-order valence-electron chi connectivity index (χ2n) is 4.79. The smallest absolute Gasteiger partial charge is 0.227 e. The van der Waals surface area contributed by atoms with Crippen LogP contribution in [0.2, 0.25) is 0 Å². The van der Waals surface area contributed by atoms with Gasteiger partial charge in [0.1, 0.15) is 0 Å². The van der Waals surface area contributed by atoms with Crippen LogP contribution in [-0.2, 0) is 4.79 Å². The van der Waals surface area contributed by atoms with E-state index in [1.54, 1.807) is 0 Å². The molecule has 0 fully saturated rings. The Labute approximate surface area is 103 Å². The topological polar surface area (TPSA) is 29.1 Å². The van der Waals surface area contributed by atoms with Crippen molar-refractivity contribution in [2.75, 3.05) is 5.32 Å². The number of hydrogen-bond acceptors (Lipinski definition) is 1. The monoisotopic (exact) mass is 229 g/mol. The Balaban J connectivity index is 2.05. The number of nitrogens with one attached hydrogen (secondary N) is 1. The molecule has 1 atom stereocenters. The first-order chi connectivity index (χ1) is 8.16. The van der Waals surface area contributed by atoms with Gasteiger partial charge in [0.25, 0.3) is 0 Å². The number of allylic oxidation sites excluding steroid dienone is 2. The average Bonchev–Trinajstić information content (AvgIpc) is 2.34. The summed E-state index contributed by atoms with van der Waals surface area (Å²) in [7, 11) is 0. The minimum Gasteiger partial charge on any atom is -0.326 e. The highest BCUT2D eigenvalue weighted by molar-refractivity contribution is 5.93. The highest BCUT2D eigenvalue weighted by Crippen LogP contribution is 2.22. The van der Waals surface area contributed by atoms with E-state index in [1.165, 1.54) is 5.56 Å². The fraction of sp³-hybridized carbons (Fsp3) is 0.400. The van der Waals surface area contributed by atoms with E-state index < -0.39 is 0 Å². The lowest BCUT2D eigenvalue weighted by Crippen LogP contribution is -2.23. The van der Waals surface area contributed by atoms with Crippen LogP contribution in [0, 0.1) is 19.8 Å². The van der Waals surface area contributed by atoms with Crippen LogP contribution in [0.15, 0.2) is 30.4 Å². The van der Waals surface area contributed by atoms with E-state index in [9.17, 15) is 4.79 Å². The van der Waals surface area contributed by atoms with Crippen LogP contribution < -0.4 is 5.32 Å². The molecule has 90 valence electrons. The maximum Gasteiger partial charge on any atom is 0.227 e. The molecule has 2 heteroatoms. The molecule has 0 bridgehead atoms. The summed E-state index contributed by atoms with van der Waals surface area (Å²) in [6, 6.07) is 6.11. The Morgan fingerprint density at radius 2 is 2.12 bits per heavy atom. The number of amides is 1. The maximum atomic E-state index is 12.1. The number of hydrogen-bond donors (Lipinski definition) is 1. The van der Waals surface area contributed by atoms with Gasteiger partial charge in [-0.3, -0.25) is 4.79 Å². The summed E-state index contributed by atoms with van der Waals surface area (Å²) in [6.45, 7) is 4.09. The first-order valence-corrected chi connectivity index (χ1v) is 6.20. The summed E-state index contributed by atoms with van der Waals surface area (Å²) in [4.78, 5) is 12.1. The molecule has 1 aromatic carbocycles. The van der Waals surface area contributed by atoms with Crippen LogP contribution in [0.1, 0.15) is 30.4 Å². The number of rotatable bonds is 2. The van der Waals surface area contributed by atoms with Crippen LogP contribution in [0.3, 0.4) is 0 Å². The fourth-order valence-corrected chi connectivity index (χ4v) is 2.22.